The van der Waals surface area contributed by atoms with Gasteiger partial charge in [0.15, 0.2) is 11.5 Å². The highest BCUT2D eigenvalue weighted by Crippen LogP contribution is 2.35. The van der Waals surface area contributed by atoms with Crippen LogP contribution in [0.4, 0.5) is 5.69 Å². The van der Waals surface area contributed by atoms with Gasteiger partial charge in [-0.15, -0.1) is 5.11 Å². The van der Waals surface area contributed by atoms with E-state index in [1.807, 2.05) is 23.2 Å². The Balaban J connectivity index is 1.60. The molecule has 0 saturated carbocycles. The first kappa shape index (κ1) is 18.7. The van der Waals surface area contributed by atoms with Gasteiger partial charge in [0.2, 0.25) is 0 Å². The summed E-state index contributed by atoms with van der Waals surface area (Å²) in [5.74, 6) is -0.248. The number of rotatable bonds is 5. The number of carbonyl (C=O) groups excluding carboxylic acids is 1. The van der Waals surface area contributed by atoms with Gasteiger partial charge in [-0.05, 0) is 25.1 Å². The molecule has 0 aliphatic carbocycles. The summed E-state index contributed by atoms with van der Waals surface area (Å²) in [6.45, 7) is 4.67. The molecule has 2 saturated heterocycles. The van der Waals surface area contributed by atoms with Gasteiger partial charge in [-0.2, -0.15) is 0 Å². The van der Waals surface area contributed by atoms with Crippen molar-refractivity contribution in [2.75, 3.05) is 40.0 Å². The van der Waals surface area contributed by atoms with Crippen LogP contribution in [0.2, 0.25) is 0 Å². The minimum absolute atomic E-state index is 0.280. The molecule has 0 bridgehead atoms. The molecule has 0 atom stereocenters. The second kappa shape index (κ2) is 7.76. The second-order valence-corrected chi connectivity index (χ2v) is 6.73. The van der Waals surface area contributed by atoms with Gasteiger partial charge >= 0.3 is 5.97 Å². The van der Waals surface area contributed by atoms with Gasteiger partial charge in [-0.25, -0.2) is 4.79 Å². The lowest BCUT2D eigenvalue weighted by Crippen LogP contribution is -2.43. The Hall–Kier alpha value is -2.65. The van der Waals surface area contributed by atoms with Crippen molar-refractivity contribution in [3.05, 3.63) is 23.9 Å². The maximum absolute atomic E-state index is 12.4. The zero-order valence-corrected chi connectivity index (χ0v) is 16.1. The maximum Gasteiger partial charge on any atom is 0.357 e. The predicted octanol–water partition coefficient (Wildman–Crippen LogP) is 3.19. The summed E-state index contributed by atoms with van der Waals surface area (Å²) >= 11 is 0. The molecule has 2 aliphatic rings. The van der Waals surface area contributed by atoms with Crippen molar-refractivity contribution in [3.8, 4) is 5.75 Å². The van der Waals surface area contributed by atoms with Gasteiger partial charge in [0.05, 0.1) is 26.9 Å². The molecule has 150 valence electrons. The highest BCUT2D eigenvalue weighted by atomic mass is 16.7. The largest absolute Gasteiger partial charge is 0.497 e. The molecule has 0 amide bonds. The van der Waals surface area contributed by atoms with Gasteiger partial charge in [-0.3, -0.25) is 5.01 Å². The molecule has 2 aromatic rings. The molecule has 4 rings (SSSR count). The van der Waals surface area contributed by atoms with Crippen molar-refractivity contribution in [3.63, 3.8) is 0 Å². The number of carbonyl (C=O) groups is 1. The van der Waals surface area contributed by atoms with Crippen molar-refractivity contribution in [2.45, 2.75) is 25.6 Å². The smallest absolute Gasteiger partial charge is 0.357 e. The van der Waals surface area contributed by atoms with E-state index < -0.39 is 11.8 Å². The Labute approximate surface area is 162 Å². The Bertz CT molecular complexity index is 878. The maximum atomic E-state index is 12.4. The lowest BCUT2D eigenvalue weighted by Gasteiger charge is -2.35. The summed E-state index contributed by atoms with van der Waals surface area (Å²) < 4.78 is 21.9. The highest BCUT2D eigenvalue weighted by Gasteiger charge is 2.39. The molecule has 1 spiro atoms. The SMILES string of the molecule is CCOC(=O)c1[nH]c2ccc(OC)cc2c1N=NN1CCC2(CC1)OCCO2. The van der Waals surface area contributed by atoms with E-state index in [4.69, 9.17) is 18.9 Å². The topological polar surface area (TPSA) is 97.7 Å². The summed E-state index contributed by atoms with van der Waals surface area (Å²) in [5.41, 5.74) is 1.49. The van der Waals surface area contributed by atoms with E-state index in [0.717, 1.165) is 23.7 Å². The molecular weight excluding hydrogens is 364 g/mol. The fourth-order valence-electron chi connectivity index (χ4n) is 3.56. The fraction of sp³-hybridized carbons (Fsp3) is 0.526. The van der Waals surface area contributed by atoms with E-state index in [1.54, 1.807) is 14.0 Å². The number of piperidine rings is 1. The monoisotopic (exact) mass is 388 g/mol. The van der Waals surface area contributed by atoms with Crippen molar-refractivity contribution in [1.29, 1.82) is 0 Å². The number of nitrogens with zero attached hydrogens (tertiary/aromatic N) is 3. The zero-order valence-electron chi connectivity index (χ0n) is 16.1. The summed E-state index contributed by atoms with van der Waals surface area (Å²) in [7, 11) is 1.60. The predicted molar refractivity (Wildman–Crippen MR) is 101 cm³/mol. The number of aromatic amines is 1. The molecule has 3 heterocycles. The van der Waals surface area contributed by atoms with Crippen molar-refractivity contribution in [2.24, 2.45) is 10.3 Å². The van der Waals surface area contributed by atoms with E-state index in [1.165, 1.54) is 0 Å². The van der Waals surface area contributed by atoms with Crippen molar-refractivity contribution < 1.29 is 23.7 Å². The molecule has 1 aromatic heterocycles. The van der Waals surface area contributed by atoms with Crippen LogP contribution in [-0.2, 0) is 14.2 Å². The van der Waals surface area contributed by atoms with Crippen LogP contribution in [0, 0.1) is 0 Å². The Morgan fingerprint density at radius 1 is 1.29 bits per heavy atom. The van der Waals surface area contributed by atoms with E-state index in [9.17, 15) is 4.79 Å². The molecule has 9 heteroatoms. The Morgan fingerprint density at radius 2 is 2.04 bits per heavy atom. The van der Waals surface area contributed by atoms with E-state index in [-0.39, 0.29) is 12.3 Å². The van der Waals surface area contributed by atoms with Crippen LogP contribution < -0.4 is 4.74 Å². The molecule has 2 fully saturated rings. The summed E-state index contributed by atoms with van der Waals surface area (Å²) in [5, 5.41) is 11.4. The molecule has 0 radical (unpaired) electrons. The number of esters is 1. The standard InChI is InChI=1S/C19H24N4O5/c1-3-26-18(24)17-16(14-12-13(25-2)4-5-15(14)20-17)21-22-23-8-6-19(7-9-23)27-10-11-28-19/h4-5,12,20H,3,6-11H2,1-2H3. The van der Waals surface area contributed by atoms with Crippen LogP contribution in [0.3, 0.4) is 0 Å². The third kappa shape index (κ3) is 3.55. The van der Waals surface area contributed by atoms with E-state index >= 15 is 0 Å². The average Bonchev–Trinajstić information content (AvgIpc) is 3.32. The molecule has 1 N–H and O–H groups in total. The number of aromatic nitrogens is 1. The first-order valence-corrected chi connectivity index (χ1v) is 9.45. The highest BCUT2D eigenvalue weighted by molar-refractivity contribution is 6.05. The second-order valence-electron chi connectivity index (χ2n) is 6.73. The van der Waals surface area contributed by atoms with Gasteiger partial charge in [0.1, 0.15) is 11.4 Å². The van der Waals surface area contributed by atoms with Gasteiger partial charge in [0, 0.05) is 36.8 Å². The quantitative estimate of drug-likeness (QED) is 0.624. The number of H-pyrrole nitrogens is 1. The van der Waals surface area contributed by atoms with E-state index in [0.29, 0.717) is 37.7 Å². The van der Waals surface area contributed by atoms with Crippen LogP contribution in [0.1, 0.15) is 30.3 Å². The zero-order chi connectivity index (χ0) is 19.6. The first-order valence-electron chi connectivity index (χ1n) is 9.45. The van der Waals surface area contributed by atoms with Crippen molar-refractivity contribution >= 4 is 22.6 Å². The van der Waals surface area contributed by atoms with Crippen LogP contribution in [-0.4, -0.2) is 61.8 Å². The minimum Gasteiger partial charge on any atom is -0.497 e. The first-order chi connectivity index (χ1) is 13.6. The number of hydrogen-bond acceptors (Lipinski definition) is 7. The van der Waals surface area contributed by atoms with Gasteiger partial charge in [-0.1, -0.05) is 5.22 Å². The molecular formula is C19H24N4O5. The van der Waals surface area contributed by atoms with Crippen molar-refractivity contribution in [1.82, 2.24) is 9.99 Å². The summed E-state index contributed by atoms with van der Waals surface area (Å²) in [4.78, 5) is 15.5. The third-order valence-electron chi connectivity index (χ3n) is 5.04. The number of nitrogens with one attached hydrogen (secondary N) is 1. The summed E-state index contributed by atoms with van der Waals surface area (Å²) in [6.07, 6.45) is 1.47. The number of hydrogen-bond donors (Lipinski definition) is 1. The molecule has 1 aromatic carbocycles. The third-order valence-corrected chi connectivity index (χ3v) is 5.04. The molecule has 9 nitrogen and oxygen atoms in total. The Kier molecular flexibility index (Phi) is 5.19. The summed E-state index contributed by atoms with van der Waals surface area (Å²) in [6, 6.07) is 5.49. The normalized spacial score (nSPS) is 19.0. The molecule has 28 heavy (non-hydrogen) atoms. The lowest BCUT2D eigenvalue weighted by atomic mass is 10.1. The van der Waals surface area contributed by atoms with Gasteiger partial charge < -0.3 is 23.9 Å². The Morgan fingerprint density at radius 3 is 2.71 bits per heavy atom. The van der Waals surface area contributed by atoms with E-state index in [2.05, 4.69) is 15.3 Å². The van der Waals surface area contributed by atoms with Crippen LogP contribution >= 0.6 is 0 Å². The number of ether oxygens (including phenoxy) is 4. The fourth-order valence-corrected chi connectivity index (χ4v) is 3.56. The molecule has 0 unspecified atom stereocenters. The van der Waals surface area contributed by atoms with Crippen LogP contribution in [0.15, 0.2) is 28.5 Å². The van der Waals surface area contributed by atoms with Gasteiger partial charge in [0.25, 0.3) is 0 Å². The number of methoxy groups -OCH3 is 1. The van der Waals surface area contributed by atoms with Crippen LogP contribution in [0.25, 0.3) is 10.9 Å². The minimum atomic E-state index is -0.462. The lowest BCUT2D eigenvalue weighted by molar-refractivity contribution is -0.185. The average molecular weight is 388 g/mol. The number of fused-ring (bicyclic) bond motifs is 1. The van der Waals surface area contributed by atoms with Crippen LogP contribution in [0.5, 0.6) is 5.75 Å². The molecule has 2 aliphatic heterocycles. The number of benzene rings is 1.